The van der Waals surface area contributed by atoms with E-state index in [0.717, 1.165) is 13.1 Å². The molecule has 0 spiro atoms. The molecule has 2 aliphatic rings. The van der Waals surface area contributed by atoms with Crippen molar-refractivity contribution in [3.63, 3.8) is 0 Å². The van der Waals surface area contributed by atoms with Crippen molar-refractivity contribution in [2.24, 2.45) is 0 Å². The molecule has 1 N–H and O–H groups in total. The highest BCUT2D eigenvalue weighted by Crippen LogP contribution is 2.10. The van der Waals surface area contributed by atoms with E-state index in [1.54, 1.807) is 0 Å². The molecule has 0 radical (unpaired) electrons. The second-order valence-electron chi connectivity index (χ2n) is 5.57. The van der Waals surface area contributed by atoms with Crippen molar-refractivity contribution in [3.8, 4) is 0 Å². The van der Waals surface area contributed by atoms with Crippen molar-refractivity contribution >= 4 is 11.9 Å². The predicted molar refractivity (Wildman–Crippen MR) is 77.1 cm³/mol. The van der Waals surface area contributed by atoms with Crippen molar-refractivity contribution in [3.05, 3.63) is 0 Å². The van der Waals surface area contributed by atoms with Gasteiger partial charge < -0.3 is 14.7 Å². The van der Waals surface area contributed by atoms with Crippen molar-refractivity contribution in [2.45, 2.75) is 19.4 Å². The third-order valence-corrected chi connectivity index (χ3v) is 4.24. The summed E-state index contributed by atoms with van der Waals surface area (Å²) in [5.41, 5.74) is 0. The van der Waals surface area contributed by atoms with E-state index in [4.69, 9.17) is 4.74 Å². The molecule has 0 aliphatic carbocycles. The fourth-order valence-electron chi connectivity index (χ4n) is 2.92. The molecule has 120 valence electrons. The van der Waals surface area contributed by atoms with Gasteiger partial charge in [0.25, 0.3) is 0 Å². The number of amides is 1. The molecule has 0 bridgehead atoms. The lowest BCUT2D eigenvalue weighted by molar-refractivity contribution is -0.145. The summed E-state index contributed by atoms with van der Waals surface area (Å²) >= 11 is 0. The Hall–Kier alpha value is -1.18. The summed E-state index contributed by atoms with van der Waals surface area (Å²) in [5.74, 6) is -0.634. The number of piperazine rings is 1. The summed E-state index contributed by atoms with van der Waals surface area (Å²) in [7, 11) is 0. The summed E-state index contributed by atoms with van der Waals surface area (Å²) < 4.78 is 5.27. The van der Waals surface area contributed by atoms with Gasteiger partial charge in [0, 0.05) is 39.3 Å². The normalized spacial score (nSPS) is 23.0. The van der Waals surface area contributed by atoms with Gasteiger partial charge in [-0.05, 0) is 6.42 Å². The number of aliphatic carboxylic acids is 1. The molecule has 2 rings (SSSR count). The Labute approximate surface area is 125 Å². The third kappa shape index (κ3) is 4.39. The van der Waals surface area contributed by atoms with Gasteiger partial charge in [-0.1, -0.05) is 6.92 Å². The number of hydrogen-bond acceptors (Lipinski definition) is 5. The minimum atomic E-state index is -0.773. The lowest BCUT2D eigenvalue weighted by Gasteiger charge is -2.38. The average molecular weight is 299 g/mol. The molecular formula is C14H25N3O4. The first-order valence-electron chi connectivity index (χ1n) is 7.66. The first kappa shape index (κ1) is 16.2. The number of ether oxygens (including phenoxy) is 1. The molecule has 1 amide bonds. The highest BCUT2D eigenvalue weighted by atomic mass is 16.5. The van der Waals surface area contributed by atoms with Gasteiger partial charge in [-0.15, -0.1) is 0 Å². The van der Waals surface area contributed by atoms with Crippen molar-refractivity contribution in [1.29, 1.82) is 0 Å². The van der Waals surface area contributed by atoms with Gasteiger partial charge in [0.15, 0.2) is 0 Å². The quantitative estimate of drug-likeness (QED) is 0.725. The zero-order chi connectivity index (χ0) is 15.2. The monoisotopic (exact) mass is 299 g/mol. The molecule has 21 heavy (non-hydrogen) atoms. The molecule has 1 atom stereocenters. The van der Waals surface area contributed by atoms with E-state index in [-0.39, 0.29) is 5.91 Å². The lowest BCUT2D eigenvalue weighted by atomic mass is 10.1. The zero-order valence-corrected chi connectivity index (χ0v) is 12.7. The highest BCUT2D eigenvalue weighted by Gasteiger charge is 2.29. The SMILES string of the molecule is CC[C@H](C(=O)O)N1CCN(C(=O)CN2CCOCC2)CC1. The molecular weight excluding hydrogens is 274 g/mol. The minimum Gasteiger partial charge on any atom is -0.480 e. The number of nitrogens with zero attached hydrogens (tertiary/aromatic N) is 3. The molecule has 7 nitrogen and oxygen atoms in total. The summed E-state index contributed by atoms with van der Waals surface area (Å²) in [4.78, 5) is 29.3. The number of carboxylic acid groups (broad SMARTS) is 1. The Morgan fingerprint density at radius 2 is 1.71 bits per heavy atom. The molecule has 0 aromatic heterocycles. The van der Waals surface area contributed by atoms with Crippen LogP contribution in [0.25, 0.3) is 0 Å². The number of rotatable bonds is 5. The van der Waals surface area contributed by atoms with Gasteiger partial charge in [-0.2, -0.15) is 0 Å². The summed E-state index contributed by atoms with van der Waals surface area (Å²) in [6.45, 7) is 7.84. The maximum atomic E-state index is 12.3. The second-order valence-corrected chi connectivity index (χ2v) is 5.57. The molecule has 2 heterocycles. The van der Waals surface area contributed by atoms with Crippen LogP contribution >= 0.6 is 0 Å². The Bertz CT molecular complexity index is 363. The number of carbonyl (C=O) groups excluding carboxylic acids is 1. The maximum Gasteiger partial charge on any atom is 0.320 e. The molecule has 0 saturated carbocycles. The molecule has 2 fully saturated rings. The predicted octanol–water partition coefficient (Wildman–Crippen LogP) is -0.674. The standard InChI is InChI=1S/C14H25N3O4/c1-2-12(14(19)20)16-3-5-17(6-4-16)13(18)11-15-7-9-21-10-8-15/h12H,2-11H2,1H3,(H,19,20)/t12-/m1/s1. The second kappa shape index (κ2) is 7.72. The van der Waals surface area contributed by atoms with Gasteiger partial charge in [0.05, 0.1) is 19.8 Å². The lowest BCUT2D eigenvalue weighted by Crippen LogP contribution is -2.55. The van der Waals surface area contributed by atoms with Gasteiger partial charge in [-0.25, -0.2) is 0 Å². The van der Waals surface area contributed by atoms with Crippen LogP contribution in [0.4, 0.5) is 0 Å². The van der Waals surface area contributed by atoms with Gasteiger partial charge in [-0.3, -0.25) is 19.4 Å². The van der Waals surface area contributed by atoms with Gasteiger partial charge in [0.1, 0.15) is 6.04 Å². The van der Waals surface area contributed by atoms with E-state index < -0.39 is 12.0 Å². The van der Waals surface area contributed by atoms with Crippen LogP contribution in [0.1, 0.15) is 13.3 Å². The van der Waals surface area contributed by atoms with E-state index in [0.29, 0.717) is 52.4 Å². The summed E-state index contributed by atoms with van der Waals surface area (Å²) in [6, 6.07) is -0.429. The van der Waals surface area contributed by atoms with Crippen LogP contribution in [0.5, 0.6) is 0 Å². The number of morpholine rings is 1. The van der Waals surface area contributed by atoms with Crippen LogP contribution < -0.4 is 0 Å². The average Bonchev–Trinajstić information content (AvgIpc) is 2.49. The van der Waals surface area contributed by atoms with E-state index in [1.807, 2.05) is 16.7 Å². The van der Waals surface area contributed by atoms with Crippen molar-refractivity contribution in [2.75, 3.05) is 59.0 Å². The first-order chi connectivity index (χ1) is 10.1. The van der Waals surface area contributed by atoms with Crippen LogP contribution in [0, 0.1) is 0 Å². The largest absolute Gasteiger partial charge is 0.480 e. The molecule has 0 aromatic rings. The Morgan fingerprint density at radius 1 is 1.10 bits per heavy atom. The van der Waals surface area contributed by atoms with Crippen molar-refractivity contribution < 1.29 is 19.4 Å². The van der Waals surface area contributed by atoms with E-state index in [9.17, 15) is 14.7 Å². The molecule has 7 heteroatoms. The summed E-state index contributed by atoms with van der Waals surface area (Å²) in [6.07, 6.45) is 0.594. The number of carboxylic acids is 1. The fraction of sp³-hybridized carbons (Fsp3) is 0.857. The van der Waals surface area contributed by atoms with Crippen molar-refractivity contribution in [1.82, 2.24) is 14.7 Å². The smallest absolute Gasteiger partial charge is 0.320 e. The fourth-order valence-corrected chi connectivity index (χ4v) is 2.92. The molecule has 0 aromatic carbocycles. The third-order valence-electron chi connectivity index (χ3n) is 4.24. The number of carbonyl (C=O) groups is 2. The van der Waals surface area contributed by atoms with Crippen LogP contribution in [-0.4, -0.2) is 96.8 Å². The minimum absolute atomic E-state index is 0.139. The number of hydrogen-bond donors (Lipinski definition) is 1. The Kier molecular flexibility index (Phi) is 5.96. The van der Waals surface area contributed by atoms with Crippen LogP contribution in [0.3, 0.4) is 0 Å². The Balaban J connectivity index is 1.77. The van der Waals surface area contributed by atoms with Gasteiger partial charge >= 0.3 is 5.97 Å². The molecule has 0 unspecified atom stereocenters. The van der Waals surface area contributed by atoms with Crippen LogP contribution in [0.15, 0.2) is 0 Å². The van der Waals surface area contributed by atoms with Gasteiger partial charge in [0.2, 0.25) is 5.91 Å². The Morgan fingerprint density at radius 3 is 2.24 bits per heavy atom. The maximum absolute atomic E-state index is 12.3. The van der Waals surface area contributed by atoms with E-state index in [2.05, 4.69) is 4.90 Å². The molecule has 2 saturated heterocycles. The van der Waals surface area contributed by atoms with E-state index >= 15 is 0 Å². The van der Waals surface area contributed by atoms with E-state index in [1.165, 1.54) is 0 Å². The molecule has 2 aliphatic heterocycles. The highest BCUT2D eigenvalue weighted by molar-refractivity contribution is 5.78. The first-order valence-corrected chi connectivity index (χ1v) is 7.66. The zero-order valence-electron chi connectivity index (χ0n) is 12.7. The van der Waals surface area contributed by atoms with Crippen LogP contribution in [0.2, 0.25) is 0 Å². The topological polar surface area (TPSA) is 73.3 Å². The van der Waals surface area contributed by atoms with Crippen LogP contribution in [-0.2, 0) is 14.3 Å². The summed E-state index contributed by atoms with van der Waals surface area (Å²) in [5, 5.41) is 9.18.